The molecule has 0 rings (SSSR count). The standard InChI is InChI=1S/2Ba.Ca.2H4Si.6H/h;;;2*1H4;;;;;;. The first-order valence-corrected chi connectivity index (χ1v) is 0. The summed E-state index contributed by atoms with van der Waals surface area (Å²) in [5.41, 5.74) is 0. The van der Waals surface area contributed by atoms with Gasteiger partial charge in [-0.1, -0.05) is 0 Å². The summed E-state index contributed by atoms with van der Waals surface area (Å²) in [5.74, 6) is 0. The molecule has 0 atom stereocenters. The Balaban J connectivity index is 0. The zero-order chi connectivity index (χ0) is 0. The summed E-state index contributed by atoms with van der Waals surface area (Å²) in [6.07, 6.45) is 0. The van der Waals surface area contributed by atoms with Crippen LogP contribution in [0.1, 0.15) is 0 Å². The Labute approximate surface area is 152 Å². The molecule has 0 N–H and O–H groups in total. The maximum absolute atomic E-state index is 0. The quantitative estimate of drug-likeness (QED) is 0.365. The minimum Gasteiger partial charge on any atom is -0.0149 e. The monoisotopic (exact) mass is 386 g/mol. The van der Waals surface area contributed by atoms with Crippen molar-refractivity contribution >= 4 is 157 Å². The van der Waals surface area contributed by atoms with Crippen molar-refractivity contribution in [3.63, 3.8) is 0 Å². The molecule has 28 valence electrons. The van der Waals surface area contributed by atoms with E-state index >= 15 is 0 Å². The van der Waals surface area contributed by atoms with Crippen LogP contribution in [0.15, 0.2) is 0 Å². The predicted molar refractivity (Wildman–Crippen MR) is 48.3 cm³/mol. The van der Waals surface area contributed by atoms with Crippen LogP contribution in [0.25, 0.3) is 0 Å². The fourth-order valence-electron chi connectivity index (χ4n) is 0. The van der Waals surface area contributed by atoms with Crippen molar-refractivity contribution in [3.8, 4) is 0 Å². The van der Waals surface area contributed by atoms with E-state index in [1.165, 1.54) is 0 Å². The first kappa shape index (κ1) is 32.8. The summed E-state index contributed by atoms with van der Waals surface area (Å²) in [7, 11) is 0. The fraction of sp³-hybridized carbons (Fsp3) is 0. The van der Waals surface area contributed by atoms with E-state index in [1.54, 1.807) is 0 Å². The molecule has 0 aliphatic rings. The van der Waals surface area contributed by atoms with Crippen LogP contribution in [-0.4, -0.2) is 157 Å². The van der Waals surface area contributed by atoms with E-state index in [0.717, 1.165) is 0 Å². The van der Waals surface area contributed by atoms with Crippen LogP contribution in [0.2, 0.25) is 0 Å². The normalized spacial score (nSPS) is 0. The smallest absolute Gasteiger partial charge is 0.0149 e. The second-order valence-corrected chi connectivity index (χ2v) is 0. The van der Waals surface area contributed by atoms with Gasteiger partial charge in [-0.15, -0.1) is 0 Å². The maximum Gasteiger partial charge on any atom is -0.0149 e. The Morgan fingerprint density at radius 1 is 0.600 bits per heavy atom. The zero-order valence-corrected chi connectivity index (χ0v) is 0. The average Bonchev–Trinajstić information content (AvgIpc) is 0. The van der Waals surface area contributed by atoms with E-state index in [0.29, 0.717) is 0 Å². The van der Waals surface area contributed by atoms with E-state index in [1.807, 2.05) is 0 Å². The van der Waals surface area contributed by atoms with Gasteiger partial charge in [-0.3, -0.25) is 0 Å². The molecule has 0 bridgehead atoms. The van der Waals surface area contributed by atoms with E-state index < -0.39 is 0 Å². The van der Waals surface area contributed by atoms with E-state index in [9.17, 15) is 0 Å². The Kier molecular flexibility index (Phi) is 152. The molecule has 0 spiro atoms. The third-order valence-corrected chi connectivity index (χ3v) is 0. The molecule has 0 aliphatic carbocycles. The summed E-state index contributed by atoms with van der Waals surface area (Å²) in [6.45, 7) is 0. The van der Waals surface area contributed by atoms with Gasteiger partial charge in [-0.05, 0) is 21.9 Å². The second-order valence-electron chi connectivity index (χ2n) is 0. The summed E-state index contributed by atoms with van der Waals surface area (Å²) in [5, 5.41) is 0. The van der Waals surface area contributed by atoms with Gasteiger partial charge in [0.15, 0.2) is 0 Å². The van der Waals surface area contributed by atoms with Crippen molar-refractivity contribution in [2.75, 3.05) is 0 Å². The molecule has 0 unspecified atom stereocenters. The SMILES string of the molecule is [BaH2].[BaH2].[CaH2].[SiH4].[SiH4]. The second kappa shape index (κ2) is 23.2. The molecule has 0 heterocycles. The molecule has 0 amide bonds. The molecule has 0 aliphatic heterocycles. The third kappa shape index (κ3) is 17.7. The average molecular weight is 385 g/mol. The Hall–Kier alpha value is 4.84. The Bertz CT molecular complexity index is 7.61. The van der Waals surface area contributed by atoms with Crippen LogP contribution in [0.3, 0.4) is 0 Å². The minimum absolute atomic E-state index is 0. The maximum atomic E-state index is 0. The number of rotatable bonds is 0. The van der Waals surface area contributed by atoms with Crippen molar-refractivity contribution in [3.05, 3.63) is 0 Å². The van der Waals surface area contributed by atoms with Gasteiger partial charge in [-0.2, -0.15) is 0 Å². The first-order valence-electron chi connectivity index (χ1n) is 0. The fourth-order valence-corrected chi connectivity index (χ4v) is 0. The van der Waals surface area contributed by atoms with E-state index in [2.05, 4.69) is 0 Å². The molecule has 5 heteroatoms. The molecule has 0 saturated carbocycles. The van der Waals surface area contributed by atoms with Crippen LogP contribution >= 0.6 is 0 Å². The van der Waals surface area contributed by atoms with Crippen molar-refractivity contribution in [1.29, 1.82) is 0 Å². The molecular weight excluding hydrogens is 371 g/mol. The predicted octanol–water partition coefficient (Wildman–Crippen LogP) is -5.65. The van der Waals surface area contributed by atoms with Gasteiger partial charge in [0.05, 0.1) is 0 Å². The largest absolute Gasteiger partial charge is 0.0149 e. The zero-order valence-electron chi connectivity index (χ0n) is 0. The van der Waals surface area contributed by atoms with Gasteiger partial charge in [0.25, 0.3) is 0 Å². The summed E-state index contributed by atoms with van der Waals surface area (Å²) < 4.78 is 0. The molecule has 0 aromatic carbocycles. The van der Waals surface area contributed by atoms with E-state index in [-0.39, 0.29) is 157 Å². The van der Waals surface area contributed by atoms with E-state index in [4.69, 9.17) is 0 Å². The van der Waals surface area contributed by atoms with Gasteiger partial charge >= 0.3 is 136 Å². The molecule has 0 nitrogen and oxygen atoms in total. The molecule has 5 heavy (non-hydrogen) atoms. The number of hydrogen-bond donors (Lipinski definition) is 0. The molecule has 0 aromatic heterocycles. The Morgan fingerprint density at radius 3 is 0.600 bits per heavy atom. The third-order valence-electron chi connectivity index (χ3n) is 0. The minimum atomic E-state index is 0. The molecule has 0 radical (unpaired) electrons. The molecule has 0 aromatic rings. The van der Waals surface area contributed by atoms with Gasteiger partial charge in [0, 0.05) is 0 Å². The van der Waals surface area contributed by atoms with Crippen molar-refractivity contribution in [2.45, 2.75) is 0 Å². The van der Waals surface area contributed by atoms with Crippen LogP contribution in [0.4, 0.5) is 0 Å². The molecular formula is H14Ba2CaSi2. The van der Waals surface area contributed by atoms with Gasteiger partial charge < -0.3 is 0 Å². The van der Waals surface area contributed by atoms with Crippen LogP contribution in [-0.2, 0) is 0 Å². The van der Waals surface area contributed by atoms with Crippen LogP contribution in [0, 0.1) is 0 Å². The van der Waals surface area contributed by atoms with Gasteiger partial charge in [-0.25, -0.2) is 0 Å². The van der Waals surface area contributed by atoms with Crippen molar-refractivity contribution < 1.29 is 0 Å². The first-order chi connectivity index (χ1) is 0. The Morgan fingerprint density at radius 2 is 0.600 bits per heavy atom. The van der Waals surface area contributed by atoms with Gasteiger partial charge in [0.2, 0.25) is 0 Å². The number of hydrogen-bond acceptors (Lipinski definition) is 0. The van der Waals surface area contributed by atoms with Crippen molar-refractivity contribution in [1.82, 2.24) is 0 Å². The van der Waals surface area contributed by atoms with Crippen LogP contribution < -0.4 is 0 Å². The molecule has 0 fully saturated rings. The topological polar surface area (TPSA) is 0 Å². The summed E-state index contributed by atoms with van der Waals surface area (Å²) >= 11 is 0. The van der Waals surface area contributed by atoms with Gasteiger partial charge in [0.1, 0.15) is 0 Å². The summed E-state index contributed by atoms with van der Waals surface area (Å²) in [6, 6.07) is 0. The van der Waals surface area contributed by atoms with Crippen LogP contribution in [0.5, 0.6) is 0 Å². The van der Waals surface area contributed by atoms with Crippen molar-refractivity contribution in [2.24, 2.45) is 0 Å². The summed E-state index contributed by atoms with van der Waals surface area (Å²) in [4.78, 5) is 0. The molecule has 0 saturated heterocycles.